The molecule has 1 N–H and O–H groups in total. The van der Waals surface area contributed by atoms with Crippen LogP contribution < -0.4 is 0 Å². The van der Waals surface area contributed by atoms with Gasteiger partial charge in [0.05, 0.1) is 15.1 Å². The molecular formula is C24H25Cl2N3OS. The summed E-state index contributed by atoms with van der Waals surface area (Å²) in [5.74, 6) is 0.848. The smallest absolute Gasteiger partial charge is 0.253 e. The minimum atomic E-state index is 0.0165. The monoisotopic (exact) mass is 473 g/mol. The second-order valence-electron chi connectivity index (χ2n) is 7.87. The van der Waals surface area contributed by atoms with Crippen LogP contribution in [0.25, 0.3) is 0 Å². The van der Waals surface area contributed by atoms with E-state index >= 15 is 0 Å². The number of halogens is 2. The molecule has 3 aromatic rings. The highest BCUT2D eigenvalue weighted by Gasteiger charge is 2.31. The first kappa shape index (κ1) is 22.3. The number of nitrogens with zero attached hydrogens (tertiary/aromatic N) is 2. The molecule has 1 aromatic carbocycles. The van der Waals surface area contributed by atoms with Crippen LogP contribution in [0.2, 0.25) is 10.0 Å². The van der Waals surface area contributed by atoms with Gasteiger partial charge < -0.3 is 9.88 Å². The van der Waals surface area contributed by atoms with E-state index in [1.54, 1.807) is 30.0 Å². The zero-order valence-corrected chi connectivity index (χ0v) is 19.7. The van der Waals surface area contributed by atoms with Crippen molar-refractivity contribution >= 4 is 40.9 Å². The van der Waals surface area contributed by atoms with Gasteiger partial charge in [0.15, 0.2) is 0 Å². The molecule has 7 heteroatoms. The highest BCUT2D eigenvalue weighted by Crippen LogP contribution is 2.35. The first-order chi connectivity index (χ1) is 15.0. The van der Waals surface area contributed by atoms with E-state index in [1.807, 2.05) is 17.2 Å². The summed E-state index contributed by atoms with van der Waals surface area (Å²) in [5, 5.41) is 1.92. The van der Waals surface area contributed by atoms with Crippen molar-refractivity contribution in [2.24, 2.45) is 5.92 Å². The fraction of sp³-hybridized carbons (Fsp3) is 0.333. The van der Waals surface area contributed by atoms with Crippen LogP contribution in [0.4, 0.5) is 0 Å². The fourth-order valence-corrected chi connectivity index (χ4v) is 5.05. The molecule has 1 fully saturated rings. The second kappa shape index (κ2) is 10.1. The molecule has 31 heavy (non-hydrogen) atoms. The number of hydrogen-bond acceptors (Lipinski definition) is 3. The fourth-order valence-electron chi connectivity index (χ4n) is 4.33. The highest BCUT2D eigenvalue weighted by atomic mass is 35.5. The maximum Gasteiger partial charge on any atom is 0.253 e. The molecule has 1 unspecified atom stereocenters. The lowest BCUT2D eigenvalue weighted by Gasteiger charge is -2.36. The van der Waals surface area contributed by atoms with Crippen molar-refractivity contribution in [1.82, 2.24) is 14.9 Å². The number of aromatic amines is 1. The van der Waals surface area contributed by atoms with Crippen LogP contribution in [0.15, 0.2) is 59.8 Å². The molecule has 4 nitrogen and oxygen atoms in total. The number of hydrogen-bond donors (Lipinski definition) is 1. The second-order valence-corrected chi connectivity index (χ2v) is 9.51. The molecule has 0 bridgehead atoms. The Labute approximate surface area is 197 Å². The predicted molar refractivity (Wildman–Crippen MR) is 128 cm³/mol. The van der Waals surface area contributed by atoms with Crippen molar-refractivity contribution < 1.29 is 4.79 Å². The van der Waals surface area contributed by atoms with Crippen molar-refractivity contribution in [2.45, 2.75) is 30.2 Å². The van der Waals surface area contributed by atoms with Crippen molar-refractivity contribution in [1.29, 1.82) is 0 Å². The number of piperidine rings is 1. The topological polar surface area (TPSA) is 49.0 Å². The Kier molecular flexibility index (Phi) is 7.26. The number of likely N-dealkylation sites (tertiary alicyclic amines) is 1. The summed E-state index contributed by atoms with van der Waals surface area (Å²) >= 11 is 13.8. The van der Waals surface area contributed by atoms with Gasteiger partial charge in [0.1, 0.15) is 0 Å². The molecule has 2 aromatic heterocycles. The zero-order chi connectivity index (χ0) is 21.8. The van der Waals surface area contributed by atoms with Crippen LogP contribution >= 0.6 is 35.0 Å². The van der Waals surface area contributed by atoms with Gasteiger partial charge in [-0.15, -0.1) is 11.8 Å². The standard InChI is InChI=1S/C24H25Cl2N3OS/c1-31-23-6-2-4-18(28-23)15-19(22-5-3-11-27-22)16-9-12-29(13-10-16)24(30)17-7-8-20(25)21(26)14-17/h2-8,11,14,16,19,27H,9-10,12-13,15H2,1H3. The lowest BCUT2D eigenvalue weighted by atomic mass is 9.79. The molecule has 1 amide bonds. The van der Waals surface area contributed by atoms with Crippen LogP contribution in [0.5, 0.6) is 0 Å². The number of nitrogens with one attached hydrogen (secondary N) is 1. The zero-order valence-electron chi connectivity index (χ0n) is 17.4. The summed E-state index contributed by atoms with van der Waals surface area (Å²) in [4.78, 5) is 23.1. The molecule has 162 valence electrons. The Bertz CT molecular complexity index is 1030. The van der Waals surface area contributed by atoms with E-state index in [0.717, 1.165) is 43.1 Å². The maximum absolute atomic E-state index is 12.9. The highest BCUT2D eigenvalue weighted by molar-refractivity contribution is 7.98. The number of H-pyrrole nitrogens is 1. The van der Waals surface area contributed by atoms with Crippen molar-refractivity contribution in [3.05, 3.63) is 81.7 Å². The summed E-state index contributed by atoms with van der Waals surface area (Å²) in [6.07, 6.45) is 6.84. The average Bonchev–Trinajstić information content (AvgIpc) is 3.34. The first-order valence-corrected chi connectivity index (χ1v) is 12.4. The number of carbonyl (C=O) groups is 1. The van der Waals surface area contributed by atoms with Gasteiger partial charge in [0.25, 0.3) is 5.91 Å². The van der Waals surface area contributed by atoms with E-state index in [0.29, 0.717) is 27.4 Å². The van der Waals surface area contributed by atoms with Crippen LogP contribution in [0, 0.1) is 5.92 Å². The Morgan fingerprint density at radius 3 is 2.65 bits per heavy atom. The number of carbonyl (C=O) groups excluding carboxylic acids is 1. The number of benzene rings is 1. The average molecular weight is 474 g/mol. The van der Waals surface area contributed by atoms with E-state index < -0.39 is 0 Å². The quantitative estimate of drug-likeness (QED) is 0.426. The molecule has 1 aliphatic heterocycles. The van der Waals surface area contributed by atoms with Gasteiger partial charge in [0.2, 0.25) is 0 Å². The Morgan fingerprint density at radius 1 is 1.16 bits per heavy atom. The first-order valence-electron chi connectivity index (χ1n) is 10.4. The summed E-state index contributed by atoms with van der Waals surface area (Å²) in [6, 6.07) is 15.5. The third-order valence-corrected chi connectivity index (χ3v) is 7.39. The van der Waals surface area contributed by atoms with Gasteiger partial charge in [-0.05, 0) is 73.9 Å². The van der Waals surface area contributed by atoms with Gasteiger partial charge >= 0.3 is 0 Å². The predicted octanol–water partition coefficient (Wildman–Crippen LogP) is 6.32. The van der Waals surface area contributed by atoms with E-state index in [-0.39, 0.29) is 5.91 Å². The lowest BCUT2D eigenvalue weighted by molar-refractivity contribution is 0.0676. The van der Waals surface area contributed by atoms with Crippen LogP contribution in [-0.4, -0.2) is 40.1 Å². The summed E-state index contributed by atoms with van der Waals surface area (Å²) in [6.45, 7) is 1.47. The van der Waals surface area contributed by atoms with Gasteiger partial charge in [-0.1, -0.05) is 29.3 Å². The Hall–Kier alpha value is -1.95. The van der Waals surface area contributed by atoms with E-state index in [4.69, 9.17) is 28.2 Å². The largest absolute Gasteiger partial charge is 0.365 e. The van der Waals surface area contributed by atoms with Crippen LogP contribution in [0.3, 0.4) is 0 Å². The van der Waals surface area contributed by atoms with Crippen molar-refractivity contribution in [2.75, 3.05) is 19.3 Å². The number of amides is 1. The lowest BCUT2D eigenvalue weighted by Crippen LogP contribution is -2.40. The van der Waals surface area contributed by atoms with Gasteiger partial charge in [-0.2, -0.15) is 0 Å². The number of thioether (sulfide) groups is 1. The molecule has 1 saturated heterocycles. The van der Waals surface area contributed by atoms with Crippen LogP contribution in [-0.2, 0) is 6.42 Å². The molecule has 0 spiro atoms. The van der Waals surface area contributed by atoms with Crippen LogP contribution in [0.1, 0.15) is 40.5 Å². The summed E-state index contributed by atoms with van der Waals surface area (Å²) in [7, 11) is 0. The third-order valence-electron chi connectivity index (χ3n) is 6.00. The third kappa shape index (κ3) is 5.28. The molecule has 4 rings (SSSR count). The molecule has 1 aliphatic rings. The minimum Gasteiger partial charge on any atom is -0.365 e. The normalized spacial score (nSPS) is 15.8. The van der Waals surface area contributed by atoms with Gasteiger partial charge in [-0.25, -0.2) is 4.98 Å². The van der Waals surface area contributed by atoms with Crippen molar-refractivity contribution in [3.8, 4) is 0 Å². The van der Waals surface area contributed by atoms with Gasteiger partial charge in [0, 0.05) is 42.2 Å². The maximum atomic E-state index is 12.9. The van der Waals surface area contributed by atoms with Crippen molar-refractivity contribution in [3.63, 3.8) is 0 Å². The molecule has 3 heterocycles. The Balaban J connectivity index is 1.46. The molecule has 0 saturated carbocycles. The number of aromatic nitrogens is 2. The van der Waals surface area contributed by atoms with E-state index in [1.165, 1.54) is 5.69 Å². The summed E-state index contributed by atoms with van der Waals surface area (Å²) < 4.78 is 0. The minimum absolute atomic E-state index is 0.0165. The van der Waals surface area contributed by atoms with E-state index in [2.05, 4.69) is 35.5 Å². The molecular weight excluding hydrogens is 449 g/mol. The summed E-state index contributed by atoms with van der Waals surface area (Å²) in [5.41, 5.74) is 2.94. The molecule has 1 atom stereocenters. The number of pyridine rings is 1. The SMILES string of the molecule is CSc1cccc(CC(c2ccc[nH]2)C2CCN(C(=O)c3ccc(Cl)c(Cl)c3)CC2)n1. The van der Waals surface area contributed by atoms with E-state index in [9.17, 15) is 4.79 Å². The van der Waals surface area contributed by atoms with Gasteiger partial charge in [-0.3, -0.25) is 4.79 Å². The molecule has 0 radical (unpaired) electrons. The molecule has 0 aliphatic carbocycles. The Morgan fingerprint density at radius 2 is 1.97 bits per heavy atom. The number of rotatable bonds is 6.